The molecule has 0 aliphatic carbocycles. The maximum absolute atomic E-state index is 11.6. The molecule has 6 heteroatoms. The van der Waals surface area contributed by atoms with Crippen LogP contribution < -0.4 is 10.6 Å². The van der Waals surface area contributed by atoms with Gasteiger partial charge in [0.2, 0.25) is 0 Å². The first-order valence-corrected chi connectivity index (χ1v) is 4.53. The van der Waals surface area contributed by atoms with Gasteiger partial charge in [-0.05, 0) is 19.5 Å². The summed E-state index contributed by atoms with van der Waals surface area (Å²) in [6, 6.07) is 0. The molecule has 0 fully saturated rings. The molecule has 0 saturated heterocycles. The van der Waals surface area contributed by atoms with Crippen LogP contribution in [-0.4, -0.2) is 46.1 Å². The lowest BCUT2D eigenvalue weighted by molar-refractivity contribution is -0.124. The van der Waals surface area contributed by atoms with Gasteiger partial charge in [0.05, 0.1) is 13.2 Å². The number of nitrogens with one attached hydrogen (secondary N) is 2. The number of alkyl halides is 3. The van der Waals surface area contributed by atoms with Crippen molar-refractivity contribution >= 4 is 0 Å². The number of ether oxygens (including phenoxy) is 1. The summed E-state index contributed by atoms with van der Waals surface area (Å²) in [4.78, 5) is 0. The lowest BCUT2D eigenvalue weighted by Gasteiger charge is -2.08. The lowest BCUT2D eigenvalue weighted by Crippen LogP contribution is -2.31. The van der Waals surface area contributed by atoms with Gasteiger partial charge in [0.15, 0.2) is 0 Å². The van der Waals surface area contributed by atoms with Crippen LogP contribution in [0.1, 0.15) is 6.42 Å². The van der Waals surface area contributed by atoms with E-state index in [1.807, 2.05) is 0 Å². The number of hydrogen-bond acceptors (Lipinski definition) is 3. The Morgan fingerprint density at radius 3 is 2.29 bits per heavy atom. The molecular weight excluding hydrogens is 197 g/mol. The molecule has 0 heterocycles. The monoisotopic (exact) mass is 214 g/mol. The summed E-state index contributed by atoms with van der Waals surface area (Å²) in [5, 5.41) is 5.36. The summed E-state index contributed by atoms with van der Waals surface area (Å²) in [5.74, 6) is 0. The molecule has 0 bridgehead atoms. The van der Waals surface area contributed by atoms with E-state index < -0.39 is 12.7 Å². The van der Waals surface area contributed by atoms with Crippen LogP contribution in [0.2, 0.25) is 0 Å². The summed E-state index contributed by atoms with van der Waals surface area (Å²) in [6.45, 7) is 1.52. The lowest BCUT2D eigenvalue weighted by atomic mass is 10.4. The van der Waals surface area contributed by atoms with Crippen LogP contribution in [0.4, 0.5) is 13.2 Å². The molecule has 0 rings (SSSR count). The maximum atomic E-state index is 11.6. The molecule has 0 aromatic carbocycles. The highest BCUT2D eigenvalue weighted by molar-refractivity contribution is 4.56. The van der Waals surface area contributed by atoms with Gasteiger partial charge in [-0.15, -0.1) is 0 Å². The molecule has 0 saturated carbocycles. The molecule has 0 amide bonds. The van der Waals surface area contributed by atoms with Crippen LogP contribution in [0.5, 0.6) is 0 Å². The second kappa shape index (κ2) is 8.02. The Hall–Kier alpha value is -0.330. The van der Waals surface area contributed by atoms with E-state index in [9.17, 15) is 13.2 Å². The van der Waals surface area contributed by atoms with Crippen molar-refractivity contribution < 1.29 is 17.9 Å². The van der Waals surface area contributed by atoms with E-state index in [2.05, 4.69) is 10.6 Å². The van der Waals surface area contributed by atoms with E-state index in [0.29, 0.717) is 26.1 Å². The van der Waals surface area contributed by atoms with Crippen molar-refractivity contribution in [3.05, 3.63) is 0 Å². The van der Waals surface area contributed by atoms with Crippen molar-refractivity contribution in [1.29, 1.82) is 0 Å². The predicted molar refractivity (Wildman–Crippen MR) is 48.3 cm³/mol. The molecule has 0 spiro atoms. The van der Waals surface area contributed by atoms with E-state index in [1.54, 1.807) is 7.11 Å². The van der Waals surface area contributed by atoms with Gasteiger partial charge >= 0.3 is 6.18 Å². The second-order valence-corrected chi connectivity index (χ2v) is 2.89. The Balaban J connectivity index is 2.99. The Labute approximate surface area is 82.0 Å². The van der Waals surface area contributed by atoms with Crippen molar-refractivity contribution in [3.8, 4) is 0 Å². The van der Waals surface area contributed by atoms with Crippen molar-refractivity contribution in [2.45, 2.75) is 12.6 Å². The van der Waals surface area contributed by atoms with Gasteiger partial charge in [-0.1, -0.05) is 0 Å². The first-order chi connectivity index (χ1) is 6.56. The molecule has 0 aromatic heterocycles. The largest absolute Gasteiger partial charge is 0.401 e. The molecule has 0 atom stereocenters. The van der Waals surface area contributed by atoms with Crippen LogP contribution in [-0.2, 0) is 4.74 Å². The molecule has 0 aliphatic heterocycles. The van der Waals surface area contributed by atoms with Crippen molar-refractivity contribution in [3.63, 3.8) is 0 Å². The zero-order valence-corrected chi connectivity index (χ0v) is 8.28. The fraction of sp³-hybridized carbons (Fsp3) is 1.00. The van der Waals surface area contributed by atoms with Crippen LogP contribution in [0, 0.1) is 0 Å². The van der Waals surface area contributed by atoms with Gasteiger partial charge in [-0.3, -0.25) is 0 Å². The average molecular weight is 214 g/mol. The third kappa shape index (κ3) is 11.7. The zero-order valence-electron chi connectivity index (χ0n) is 8.28. The molecule has 3 nitrogen and oxygen atoms in total. The standard InChI is InChI=1S/C8H17F3N2O/c1-14-6-5-12-3-2-4-13-7-8(9,10)11/h12-13H,2-7H2,1H3. The van der Waals surface area contributed by atoms with Crippen LogP contribution in [0.15, 0.2) is 0 Å². The predicted octanol–water partition coefficient (Wildman–Crippen LogP) is 0.764. The summed E-state index contributed by atoms with van der Waals surface area (Å²) < 4.78 is 39.7. The van der Waals surface area contributed by atoms with Gasteiger partial charge in [-0.2, -0.15) is 13.2 Å². The second-order valence-electron chi connectivity index (χ2n) is 2.89. The molecule has 86 valence electrons. The minimum Gasteiger partial charge on any atom is -0.383 e. The minimum atomic E-state index is -4.11. The SMILES string of the molecule is COCCNCCCNCC(F)(F)F. The third-order valence-corrected chi connectivity index (χ3v) is 1.52. The fourth-order valence-electron chi connectivity index (χ4n) is 0.868. The molecule has 14 heavy (non-hydrogen) atoms. The molecule has 0 aliphatic rings. The van der Waals surface area contributed by atoms with Crippen LogP contribution in [0.25, 0.3) is 0 Å². The van der Waals surface area contributed by atoms with Gasteiger partial charge < -0.3 is 15.4 Å². The number of rotatable bonds is 8. The van der Waals surface area contributed by atoms with Crippen LogP contribution >= 0.6 is 0 Å². The smallest absolute Gasteiger partial charge is 0.383 e. The first-order valence-electron chi connectivity index (χ1n) is 4.53. The van der Waals surface area contributed by atoms with E-state index in [0.717, 1.165) is 6.54 Å². The summed E-state index contributed by atoms with van der Waals surface area (Å²) in [6.07, 6.45) is -3.43. The van der Waals surface area contributed by atoms with Crippen molar-refractivity contribution in [2.24, 2.45) is 0 Å². The Morgan fingerprint density at radius 2 is 1.71 bits per heavy atom. The highest BCUT2D eigenvalue weighted by Gasteiger charge is 2.25. The van der Waals surface area contributed by atoms with Crippen LogP contribution in [0.3, 0.4) is 0 Å². The first kappa shape index (κ1) is 13.7. The normalized spacial score (nSPS) is 12.0. The van der Waals surface area contributed by atoms with Crippen molar-refractivity contribution in [2.75, 3.05) is 39.9 Å². The molecular formula is C8H17F3N2O. The molecule has 0 aromatic rings. The average Bonchev–Trinajstić information content (AvgIpc) is 2.08. The molecule has 2 N–H and O–H groups in total. The summed E-state index contributed by atoms with van der Waals surface area (Å²) in [5.41, 5.74) is 0. The zero-order chi connectivity index (χ0) is 10.9. The van der Waals surface area contributed by atoms with E-state index in [1.165, 1.54) is 0 Å². The van der Waals surface area contributed by atoms with E-state index >= 15 is 0 Å². The van der Waals surface area contributed by atoms with E-state index in [-0.39, 0.29) is 0 Å². The fourth-order valence-corrected chi connectivity index (χ4v) is 0.868. The number of halogens is 3. The summed E-state index contributed by atoms with van der Waals surface area (Å²) >= 11 is 0. The Bertz CT molecular complexity index is 130. The Kier molecular flexibility index (Phi) is 7.83. The van der Waals surface area contributed by atoms with Gasteiger partial charge in [0.25, 0.3) is 0 Å². The van der Waals surface area contributed by atoms with Crippen molar-refractivity contribution in [1.82, 2.24) is 10.6 Å². The number of methoxy groups -OCH3 is 1. The molecule has 0 radical (unpaired) electrons. The van der Waals surface area contributed by atoms with Gasteiger partial charge in [-0.25, -0.2) is 0 Å². The highest BCUT2D eigenvalue weighted by atomic mass is 19.4. The quantitative estimate of drug-likeness (QED) is 0.585. The van der Waals surface area contributed by atoms with E-state index in [4.69, 9.17) is 4.74 Å². The highest BCUT2D eigenvalue weighted by Crippen LogP contribution is 2.11. The van der Waals surface area contributed by atoms with Gasteiger partial charge in [0.1, 0.15) is 0 Å². The summed E-state index contributed by atoms with van der Waals surface area (Å²) in [7, 11) is 1.60. The topological polar surface area (TPSA) is 33.3 Å². The minimum absolute atomic E-state index is 0.374. The number of hydrogen-bond donors (Lipinski definition) is 2. The third-order valence-electron chi connectivity index (χ3n) is 1.52. The van der Waals surface area contributed by atoms with Gasteiger partial charge in [0, 0.05) is 13.7 Å². The maximum Gasteiger partial charge on any atom is 0.401 e. The Morgan fingerprint density at radius 1 is 1.07 bits per heavy atom. The molecule has 0 unspecified atom stereocenters.